The van der Waals surface area contributed by atoms with Crippen molar-refractivity contribution < 1.29 is 14.5 Å². The van der Waals surface area contributed by atoms with Crippen LogP contribution in [0.15, 0.2) is 42.7 Å². The Balaban J connectivity index is 1.70. The summed E-state index contributed by atoms with van der Waals surface area (Å²) in [5.41, 5.74) is 2.10. The Labute approximate surface area is 167 Å². The van der Waals surface area contributed by atoms with Gasteiger partial charge in [-0.05, 0) is 36.0 Å². The van der Waals surface area contributed by atoms with Crippen molar-refractivity contribution in [2.45, 2.75) is 32.9 Å². The standard InChI is InChI=1S/C19H22N6O4/c1-4-17(24-13(2)8-18(22-24)25(27)28)19(26)21-15-10-20-23(12-15)11-14-6-5-7-16(9-14)29-3/h5-10,12,17H,4,11H2,1-3H3,(H,21,26). The highest BCUT2D eigenvalue weighted by atomic mass is 16.6. The fourth-order valence-electron chi connectivity index (χ4n) is 3.04. The maximum atomic E-state index is 12.7. The van der Waals surface area contributed by atoms with Crippen LogP contribution >= 0.6 is 0 Å². The maximum Gasteiger partial charge on any atom is 0.390 e. The number of nitrogens with one attached hydrogen (secondary N) is 1. The first-order valence-corrected chi connectivity index (χ1v) is 9.08. The molecular formula is C19H22N6O4. The zero-order valence-electron chi connectivity index (χ0n) is 16.4. The van der Waals surface area contributed by atoms with Gasteiger partial charge < -0.3 is 20.2 Å². The summed E-state index contributed by atoms with van der Waals surface area (Å²) in [6.45, 7) is 4.03. The van der Waals surface area contributed by atoms with Gasteiger partial charge in [-0.1, -0.05) is 19.1 Å². The van der Waals surface area contributed by atoms with Crippen molar-refractivity contribution in [1.29, 1.82) is 0 Å². The first kappa shape index (κ1) is 20.1. The van der Waals surface area contributed by atoms with Gasteiger partial charge in [0.25, 0.3) is 5.91 Å². The second-order valence-corrected chi connectivity index (χ2v) is 6.54. The molecule has 1 N–H and O–H groups in total. The molecular weight excluding hydrogens is 376 g/mol. The monoisotopic (exact) mass is 398 g/mol. The van der Waals surface area contributed by atoms with E-state index < -0.39 is 11.0 Å². The maximum absolute atomic E-state index is 12.7. The molecule has 1 amide bonds. The fourth-order valence-corrected chi connectivity index (χ4v) is 3.04. The Morgan fingerprint density at radius 1 is 1.38 bits per heavy atom. The molecule has 29 heavy (non-hydrogen) atoms. The van der Waals surface area contributed by atoms with E-state index in [1.165, 1.54) is 10.7 Å². The fraction of sp³-hybridized carbons (Fsp3) is 0.316. The molecule has 0 aliphatic carbocycles. The van der Waals surface area contributed by atoms with Crippen molar-refractivity contribution in [1.82, 2.24) is 19.6 Å². The number of methoxy groups -OCH3 is 1. The first-order valence-electron chi connectivity index (χ1n) is 9.08. The highest BCUT2D eigenvalue weighted by Gasteiger charge is 2.27. The third kappa shape index (κ3) is 4.60. The molecule has 0 saturated carbocycles. The van der Waals surface area contributed by atoms with E-state index in [2.05, 4.69) is 15.5 Å². The first-order chi connectivity index (χ1) is 13.9. The van der Waals surface area contributed by atoms with Gasteiger partial charge in [0, 0.05) is 6.20 Å². The molecule has 0 fully saturated rings. The summed E-state index contributed by atoms with van der Waals surface area (Å²) >= 11 is 0. The minimum absolute atomic E-state index is 0.278. The van der Waals surface area contributed by atoms with E-state index in [-0.39, 0.29) is 11.7 Å². The van der Waals surface area contributed by atoms with Crippen LogP contribution in [0.3, 0.4) is 0 Å². The largest absolute Gasteiger partial charge is 0.497 e. The van der Waals surface area contributed by atoms with Crippen molar-refractivity contribution in [3.8, 4) is 5.75 Å². The minimum Gasteiger partial charge on any atom is -0.497 e. The van der Waals surface area contributed by atoms with E-state index in [0.717, 1.165) is 11.3 Å². The number of rotatable bonds is 8. The van der Waals surface area contributed by atoms with Gasteiger partial charge in [0.15, 0.2) is 6.04 Å². The van der Waals surface area contributed by atoms with E-state index in [4.69, 9.17) is 4.74 Å². The molecule has 1 aromatic carbocycles. The van der Waals surface area contributed by atoms with Crippen LogP contribution in [0.4, 0.5) is 11.5 Å². The lowest BCUT2D eigenvalue weighted by molar-refractivity contribution is -0.389. The molecule has 0 aliphatic rings. The van der Waals surface area contributed by atoms with Crippen LogP contribution in [-0.2, 0) is 11.3 Å². The van der Waals surface area contributed by atoms with Gasteiger partial charge in [-0.3, -0.25) is 9.48 Å². The van der Waals surface area contributed by atoms with Crippen molar-refractivity contribution in [2.24, 2.45) is 0 Å². The zero-order chi connectivity index (χ0) is 21.0. The molecule has 0 bridgehead atoms. The van der Waals surface area contributed by atoms with Gasteiger partial charge in [-0.15, -0.1) is 0 Å². The predicted octanol–water partition coefficient (Wildman–Crippen LogP) is 2.94. The van der Waals surface area contributed by atoms with Crippen LogP contribution in [0.25, 0.3) is 0 Å². The number of hydrogen-bond acceptors (Lipinski definition) is 6. The lowest BCUT2D eigenvalue weighted by Crippen LogP contribution is -2.27. The SMILES string of the molecule is CCC(C(=O)Nc1cnn(Cc2cccc(OC)c2)c1)n1nc([N+](=O)[O-])cc1C. The molecule has 3 aromatic rings. The third-order valence-corrected chi connectivity index (χ3v) is 4.46. The third-order valence-electron chi connectivity index (χ3n) is 4.46. The molecule has 2 aromatic heterocycles. The van der Waals surface area contributed by atoms with Crippen LogP contribution in [-0.4, -0.2) is 37.5 Å². The molecule has 10 nitrogen and oxygen atoms in total. The van der Waals surface area contributed by atoms with Gasteiger partial charge in [-0.2, -0.15) is 9.78 Å². The number of aryl methyl sites for hydroxylation is 1. The van der Waals surface area contributed by atoms with Crippen molar-refractivity contribution in [2.75, 3.05) is 12.4 Å². The van der Waals surface area contributed by atoms with Crippen LogP contribution in [0, 0.1) is 17.0 Å². The molecule has 0 radical (unpaired) electrons. The van der Waals surface area contributed by atoms with Crippen LogP contribution in [0.2, 0.25) is 0 Å². The average Bonchev–Trinajstić information content (AvgIpc) is 3.29. The number of ether oxygens (including phenoxy) is 1. The molecule has 1 unspecified atom stereocenters. The van der Waals surface area contributed by atoms with E-state index >= 15 is 0 Å². The zero-order valence-corrected chi connectivity index (χ0v) is 16.4. The summed E-state index contributed by atoms with van der Waals surface area (Å²) < 4.78 is 8.31. The molecule has 0 spiro atoms. The molecule has 1 atom stereocenters. The Morgan fingerprint density at radius 2 is 2.17 bits per heavy atom. The molecule has 10 heteroatoms. The summed E-state index contributed by atoms with van der Waals surface area (Å²) in [4.78, 5) is 23.1. The number of carbonyl (C=O) groups is 1. The van der Waals surface area contributed by atoms with Gasteiger partial charge >= 0.3 is 5.82 Å². The highest BCUT2D eigenvalue weighted by Crippen LogP contribution is 2.21. The van der Waals surface area contributed by atoms with E-state index in [0.29, 0.717) is 24.3 Å². The smallest absolute Gasteiger partial charge is 0.390 e. The van der Waals surface area contributed by atoms with Crippen LogP contribution in [0.5, 0.6) is 5.75 Å². The Morgan fingerprint density at radius 3 is 2.83 bits per heavy atom. The molecule has 0 saturated heterocycles. The van der Waals surface area contributed by atoms with E-state index in [1.54, 1.807) is 31.1 Å². The molecule has 152 valence electrons. The van der Waals surface area contributed by atoms with E-state index in [1.807, 2.05) is 31.2 Å². The Kier molecular flexibility index (Phi) is 5.91. The van der Waals surface area contributed by atoms with Crippen molar-refractivity contribution in [3.05, 3.63) is 64.1 Å². The topological polar surface area (TPSA) is 117 Å². The number of hydrogen-bond donors (Lipinski definition) is 1. The quantitative estimate of drug-likeness (QED) is 0.460. The van der Waals surface area contributed by atoms with E-state index in [9.17, 15) is 14.9 Å². The summed E-state index contributed by atoms with van der Waals surface area (Å²) in [5, 5.41) is 22.0. The van der Waals surface area contributed by atoms with Crippen molar-refractivity contribution >= 4 is 17.4 Å². The van der Waals surface area contributed by atoms with Gasteiger partial charge in [0.05, 0.1) is 42.4 Å². The number of anilines is 1. The minimum atomic E-state index is -0.662. The second kappa shape index (κ2) is 8.55. The number of amides is 1. The second-order valence-electron chi connectivity index (χ2n) is 6.54. The summed E-state index contributed by atoms with van der Waals surface area (Å²) in [7, 11) is 1.61. The molecule has 2 heterocycles. The summed E-state index contributed by atoms with van der Waals surface area (Å²) in [5.74, 6) is 0.173. The number of nitrogens with zero attached hydrogens (tertiary/aromatic N) is 5. The number of benzene rings is 1. The normalized spacial score (nSPS) is 11.8. The average molecular weight is 398 g/mol. The van der Waals surface area contributed by atoms with Crippen LogP contribution in [0.1, 0.15) is 30.6 Å². The number of nitro groups is 1. The number of carbonyl (C=O) groups excluding carboxylic acids is 1. The summed E-state index contributed by atoms with van der Waals surface area (Å²) in [6.07, 6.45) is 3.72. The van der Waals surface area contributed by atoms with Crippen LogP contribution < -0.4 is 10.1 Å². The van der Waals surface area contributed by atoms with Gasteiger partial charge in [0.1, 0.15) is 5.75 Å². The summed E-state index contributed by atoms with van der Waals surface area (Å²) in [6, 6.07) is 8.33. The lowest BCUT2D eigenvalue weighted by atomic mass is 10.2. The predicted molar refractivity (Wildman–Crippen MR) is 106 cm³/mol. The van der Waals surface area contributed by atoms with Crippen molar-refractivity contribution in [3.63, 3.8) is 0 Å². The van der Waals surface area contributed by atoms with Gasteiger partial charge in [0.2, 0.25) is 0 Å². The number of aromatic nitrogens is 4. The Hall–Kier alpha value is -3.69. The highest BCUT2D eigenvalue weighted by molar-refractivity contribution is 5.93. The lowest BCUT2D eigenvalue weighted by Gasteiger charge is -2.13. The Bertz CT molecular complexity index is 1030. The molecule has 3 rings (SSSR count). The van der Waals surface area contributed by atoms with Gasteiger partial charge in [-0.25, -0.2) is 0 Å². The molecule has 0 aliphatic heterocycles.